The minimum Gasteiger partial charge on any atom is -0.481 e. The molecule has 116 valence electrons. The molecule has 0 heterocycles. The SMILES string of the molecule is C.C.C.C.C=C.C[Si](C)(O)O[Si](C)(O)CC(=O)O. The topological polar surface area (TPSA) is 87.0 Å². The van der Waals surface area contributed by atoms with Crippen LogP contribution >= 0.6 is 0 Å². The zero-order valence-corrected chi connectivity index (χ0v) is 10.8. The Morgan fingerprint density at radius 2 is 1.33 bits per heavy atom. The van der Waals surface area contributed by atoms with Crippen LogP contribution in [0.1, 0.15) is 29.7 Å². The van der Waals surface area contributed by atoms with E-state index in [1.54, 1.807) is 0 Å². The van der Waals surface area contributed by atoms with Gasteiger partial charge in [-0.1, -0.05) is 29.7 Å². The monoisotopic (exact) mass is 302 g/mol. The van der Waals surface area contributed by atoms with Crippen molar-refractivity contribution in [2.24, 2.45) is 0 Å². The van der Waals surface area contributed by atoms with Gasteiger partial charge in [0.2, 0.25) is 0 Å². The Bertz CT molecular complexity index is 190. The zero-order chi connectivity index (χ0) is 12.0. The zero-order valence-electron chi connectivity index (χ0n) is 8.78. The summed E-state index contributed by atoms with van der Waals surface area (Å²) in [7, 11) is -6.00. The molecule has 0 radical (unpaired) electrons. The molecule has 0 fully saturated rings. The lowest BCUT2D eigenvalue weighted by atomic mass is 10.8. The molecule has 0 saturated carbocycles. The largest absolute Gasteiger partial charge is 0.481 e. The first kappa shape index (κ1) is 36.0. The van der Waals surface area contributed by atoms with Crippen LogP contribution < -0.4 is 0 Å². The molecule has 0 aliphatic rings. The van der Waals surface area contributed by atoms with Crippen LogP contribution in [-0.2, 0) is 8.91 Å². The van der Waals surface area contributed by atoms with E-state index in [4.69, 9.17) is 9.22 Å². The normalized spacial score (nSPS) is 11.6. The van der Waals surface area contributed by atoms with Gasteiger partial charge in [0.15, 0.2) is 0 Å². The van der Waals surface area contributed by atoms with Gasteiger partial charge in [-0.2, -0.15) is 0 Å². The molecule has 0 saturated heterocycles. The number of carboxylic acid groups (broad SMARTS) is 1. The summed E-state index contributed by atoms with van der Waals surface area (Å²) in [4.78, 5) is 28.9. The lowest BCUT2D eigenvalue weighted by Crippen LogP contribution is -2.47. The van der Waals surface area contributed by atoms with E-state index in [0.717, 1.165) is 0 Å². The van der Waals surface area contributed by atoms with Gasteiger partial charge in [0.1, 0.15) is 0 Å². The molecule has 1 atom stereocenters. The maximum Gasteiger partial charge on any atom is 0.334 e. The van der Waals surface area contributed by atoms with Crippen LogP contribution in [0.5, 0.6) is 0 Å². The van der Waals surface area contributed by atoms with E-state index in [0.29, 0.717) is 0 Å². The van der Waals surface area contributed by atoms with Crippen LogP contribution in [-0.4, -0.2) is 37.8 Å². The molecule has 7 heteroatoms. The summed E-state index contributed by atoms with van der Waals surface area (Å²) in [6, 6.07) is -0.399. The van der Waals surface area contributed by atoms with Crippen molar-refractivity contribution < 1.29 is 23.6 Å². The first-order valence-electron chi connectivity index (χ1n) is 3.99. The van der Waals surface area contributed by atoms with E-state index in [1.165, 1.54) is 19.6 Å². The Labute approximate surface area is 116 Å². The Kier molecular flexibility index (Phi) is 29.2. The van der Waals surface area contributed by atoms with Gasteiger partial charge in [-0.25, -0.2) is 0 Å². The summed E-state index contributed by atoms with van der Waals surface area (Å²) in [5.74, 6) is -1.11. The molecule has 0 spiro atoms. The Balaban J connectivity index is -0.0000000569. The summed E-state index contributed by atoms with van der Waals surface area (Å²) in [6.07, 6.45) is 0. The Hall–Kier alpha value is -0.476. The fourth-order valence-corrected chi connectivity index (χ4v) is 6.01. The smallest absolute Gasteiger partial charge is 0.334 e. The number of aliphatic carboxylic acids is 1. The van der Waals surface area contributed by atoms with Crippen molar-refractivity contribution in [3.8, 4) is 0 Å². The van der Waals surface area contributed by atoms with Crippen molar-refractivity contribution in [1.29, 1.82) is 0 Å². The first-order chi connectivity index (χ1) is 6.12. The number of hydrogen-bond donors (Lipinski definition) is 3. The van der Waals surface area contributed by atoms with Gasteiger partial charge in [-0.05, 0) is 19.6 Å². The number of carbonyl (C=O) groups is 1. The number of carboxylic acids is 1. The van der Waals surface area contributed by atoms with Crippen molar-refractivity contribution >= 4 is 23.1 Å². The standard InChI is InChI=1S/C5H14O5Si2.C2H4.4CH4/c1-11(2,8)10-12(3,9)4-5(6)7;1-2;;;;/h8-9H,4H2,1-3H3,(H,6,7);1-2H2;4*1H4. The highest BCUT2D eigenvalue weighted by Gasteiger charge is 2.37. The predicted octanol–water partition coefficient (Wildman–Crippen LogP) is 3.19. The molecular weight excluding hydrogens is 268 g/mol. The fourth-order valence-electron chi connectivity index (χ4n) is 0.855. The van der Waals surface area contributed by atoms with Crippen LogP contribution in [0, 0.1) is 0 Å². The van der Waals surface area contributed by atoms with Crippen molar-refractivity contribution in [1.82, 2.24) is 0 Å². The van der Waals surface area contributed by atoms with Gasteiger partial charge in [0.05, 0.1) is 6.04 Å². The average Bonchev–Trinajstić information content (AvgIpc) is 1.82. The molecule has 18 heavy (non-hydrogen) atoms. The van der Waals surface area contributed by atoms with Gasteiger partial charge in [-0.3, -0.25) is 4.79 Å². The molecule has 0 aromatic heterocycles. The maximum absolute atomic E-state index is 10.2. The number of rotatable bonds is 4. The highest BCUT2D eigenvalue weighted by atomic mass is 28.5. The molecule has 0 bridgehead atoms. The summed E-state index contributed by atoms with van der Waals surface area (Å²) < 4.78 is 4.94. The molecule has 0 aromatic rings. The van der Waals surface area contributed by atoms with Gasteiger partial charge in [-0.15, -0.1) is 13.2 Å². The molecule has 0 rings (SSSR count). The second kappa shape index (κ2) is 14.6. The third-order valence-corrected chi connectivity index (χ3v) is 5.66. The second-order valence-corrected chi connectivity index (χ2v) is 9.71. The van der Waals surface area contributed by atoms with Crippen molar-refractivity contribution in [2.45, 2.75) is 55.4 Å². The first-order valence-corrected chi connectivity index (χ1v) is 9.41. The van der Waals surface area contributed by atoms with Crippen molar-refractivity contribution in [3.05, 3.63) is 13.2 Å². The third kappa shape index (κ3) is 29.6. The van der Waals surface area contributed by atoms with Crippen molar-refractivity contribution in [2.75, 3.05) is 0 Å². The van der Waals surface area contributed by atoms with Gasteiger partial charge in [0, 0.05) is 0 Å². The minimum absolute atomic E-state index is 0. The fraction of sp³-hybridized carbons (Fsp3) is 0.727. The predicted molar refractivity (Wildman–Crippen MR) is 85.2 cm³/mol. The second-order valence-electron chi connectivity index (χ2n) is 3.29. The highest BCUT2D eigenvalue weighted by Crippen LogP contribution is 2.13. The van der Waals surface area contributed by atoms with Crippen LogP contribution in [0.4, 0.5) is 0 Å². The number of hydrogen-bond acceptors (Lipinski definition) is 4. The van der Waals surface area contributed by atoms with Crippen LogP contribution in [0.3, 0.4) is 0 Å². The van der Waals surface area contributed by atoms with Gasteiger partial charge >= 0.3 is 23.1 Å². The van der Waals surface area contributed by atoms with Crippen LogP contribution in [0.2, 0.25) is 25.7 Å². The molecule has 0 aliphatic carbocycles. The average molecular weight is 303 g/mol. The third-order valence-electron chi connectivity index (χ3n) is 0.949. The highest BCUT2D eigenvalue weighted by molar-refractivity contribution is 6.79. The molecule has 3 N–H and O–H groups in total. The molecule has 1 unspecified atom stereocenters. The van der Waals surface area contributed by atoms with Crippen LogP contribution in [0.25, 0.3) is 0 Å². The Morgan fingerprint density at radius 3 is 1.50 bits per heavy atom. The quantitative estimate of drug-likeness (QED) is 0.548. The molecule has 5 nitrogen and oxygen atoms in total. The van der Waals surface area contributed by atoms with Crippen LogP contribution in [0.15, 0.2) is 13.2 Å². The van der Waals surface area contributed by atoms with Gasteiger partial charge < -0.3 is 18.8 Å². The molecule has 0 aromatic carbocycles. The van der Waals surface area contributed by atoms with E-state index >= 15 is 0 Å². The van der Waals surface area contributed by atoms with Crippen molar-refractivity contribution in [3.63, 3.8) is 0 Å². The summed E-state index contributed by atoms with van der Waals surface area (Å²) in [6.45, 7) is 10.3. The summed E-state index contributed by atoms with van der Waals surface area (Å²) in [5, 5.41) is 8.37. The van der Waals surface area contributed by atoms with E-state index in [-0.39, 0.29) is 29.7 Å². The molecule has 0 amide bonds. The summed E-state index contributed by atoms with van der Waals surface area (Å²) in [5.41, 5.74) is 0. The van der Waals surface area contributed by atoms with E-state index in [1.807, 2.05) is 0 Å². The van der Waals surface area contributed by atoms with E-state index in [9.17, 15) is 14.4 Å². The minimum atomic E-state index is -3.19. The van der Waals surface area contributed by atoms with E-state index in [2.05, 4.69) is 13.2 Å². The maximum atomic E-state index is 10.2. The van der Waals surface area contributed by atoms with E-state index < -0.39 is 29.1 Å². The lowest BCUT2D eigenvalue weighted by Gasteiger charge is -2.25. The summed E-state index contributed by atoms with van der Waals surface area (Å²) >= 11 is 0. The Morgan fingerprint density at radius 1 is 1.06 bits per heavy atom. The van der Waals surface area contributed by atoms with Gasteiger partial charge in [0.25, 0.3) is 0 Å². The molecular formula is C11H34O5Si2. The molecule has 0 aliphatic heterocycles. The lowest BCUT2D eigenvalue weighted by molar-refractivity contribution is -0.134.